The number of halogens is 1. The molecule has 0 aromatic heterocycles. The normalized spacial score (nSPS) is 19.6. The van der Waals surface area contributed by atoms with Crippen LogP contribution in [0.25, 0.3) is 0 Å². The number of nitrogens with zero attached hydrogens (tertiary/aromatic N) is 1. The van der Waals surface area contributed by atoms with Crippen molar-refractivity contribution in [3.05, 3.63) is 28.2 Å². The van der Waals surface area contributed by atoms with Crippen LogP contribution in [0.5, 0.6) is 0 Å². The number of carboxylic acids is 1. The average molecular weight is 377 g/mol. The maximum atomic E-state index is 12.5. The van der Waals surface area contributed by atoms with Crippen LogP contribution in [-0.4, -0.2) is 42.8 Å². The van der Waals surface area contributed by atoms with Gasteiger partial charge >= 0.3 is 5.97 Å². The highest BCUT2D eigenvalue weighted by atomic mass is 79.9. The van der Waals surface area contributed by atoms with Crippen molar-refractivity contribution in [3.63, 3.8) is 0 Å². The molecule has 114 valence electrons. The average Bonchev–Trinajstić information content (AvgIpc) is 2.88. The zero-order valence-corrected chi connectivity index (χ0v) is 13.2. The molecule has 1 unspecified atom stereocenters. The first kappa shape index (κ1) is 15.9. The van der Waals surface area contributed by atoms with Crippen LogP contribution < -0.4 is 5.73 Å². The number of carbonyl (C=O) groups excluding carboxylic acids is 1. The topological polar surface area (TPSA) is 118 Å². The second-order valence-corrected chi connectivity index (χ2v) is 7.46. The van der Waals surface area contributed by atoms with Crippen molar-refractivity contribution in [3.8, 4) is 0 Å². The quantitative estimate of drug-likeness (QED) is 0.799. The Kier molecular flexibility index (Phi) is 4.35. The molecule has 9 heteroatoms. The molecular weight excluding hydrogens is 364 g/mol. The number of carboxylic acid groups (broad SMARTS) is 1. The summed E-state index contributed by atoms with van der Waals surface area (Å²) >= 11 is 3.08. The lowest BCUT2D eigenvalue weighted by atomic mass is 10.1. The highest BCUT2D eigenvalue weighted by Gasteiger charge is 2.35. The van der Waals surface area contributed by atoms with Crippen molar-refractivity contribution in [1.82, 2.24) is 4.31 Å². The van der Waals surface area contributed by atoms with Crippen molar-refractivity contribution < 1.29 is 23.1 Å². The van der Waals surface area contributed by atoms with E-state index in [1.807, 2.05) is 0 Å². The lowest BCUT2D eigenvalue weighted by molar-refractivity contribution is -0.121. The van der Waals surface area contributed by atoms with E-state index in [1.165, 1.54) is 22.5 Å². The van der Waals surface area contributed by atoms with Crippen molar-refractivity contribution >= 4 is 37.8 Å². The summed E-state index contributed by atoms with van der Waals surface area (Å²) in [6.07, 6.45) is 0.388. The molecule has 1 atom stereocenters. The van der Waals surface area contributed by atoms with Crippen LogP contribution in [0.2, 0.25) is 0 Å². The van der Waals surface area contributed by atoms with Crippen LogP contribution >= 0.6 is 15.9 Å². The Morgan fingerprint density at radius 1 is 1.38 bits per heavy atom. The van der Waals surface area contributed by atoms with Crippen molar-refractivity contribution in [2.75, 3.05) is 13.1 Å². The van der Waals surface area contributed by atoms with Crippen LogP contribution in [0.4, 0.5) is 0 Å². The van der Waals surface area contributed by atoms with Gasteiger partial charge in [0, 0.05) is 17.6 Å². The molecule has 0 saturated carbocycles. The van der Waals surface area contributed by atoms with Gasteiger partial charge in [0.2, 0.25) is 15.9 Å². The second-order valence-electron chi connectivity index (χ2n) is 4.70. The number of benzene rings is 1. The molecule has 7 nitrogen and oxygen atoms in total. The van der Waals surface area contributed by atoms with Crippen LogP contribution in [0.15, 0.2) is 27.6 Å². The van der Waals surface area contributed by atoms with E-state index in [9.17, 15) is 18.0 Å². The minimum Gasteiger partial charge on any atom is -0.478 e. The summed E-state index contributed by atoms with van der Waals surface area (Å²) in [6.45, 7) is 0.258. The van der Waals surface area contributed by atoms with E-state index in [2.05, 4.69) is 15.9 Å². The van der Waals surface area contributed by atoms with Crippen LogP contribution in [-0.2, 0) is 14.8 Å². The number of sulfonamides is 1. The highest BCUT2D eigenvalue weighted by Crippen LogP contribution is 2.29. The van der Waals surface area contributed by atoms with Gasteiger partial charge in [0.15, 0.2) is 0 Å². The van der Waals surface area contributed by atoms with E-state index in [0.29, 0.717) is 6.42 Å². The van der Waals surface area contributed by atoms with Crippen molar-refractivity contribution in [2.24, 2.45) is 11.7 Å². The van der Waals surface area contributed by atoms with Gasteiger partial charge in [-0.3, -0.25) is 4.79 Å². The van der Waals surface area contributed by atoms with E-state index in [-0.39, 0.29) is 28.0 Å². The minimum absolute atomic E-state index is 0.0164. The Balaban J connectivity index is 2.33. The maximum Gasteiger partial charge on any atom is 0.335 e. The molecule has 0 spiro atoms. The zero-order valence-electron chi connectivity index (χ0n) is 10.8. The van der Waals surface area contributed by atoms with Crippen molar-refractivity contribution in [2.45, 2.75) is 11.3 Å². The maximum absolute atomic E-state index is 12.5. The molecule has 3 N–H and O–H groups in total. The smallest absolute Gasteiger partial charge is 0.335 e. The van der Waals surface area contributed by atoms with Gasteiger partial charge in [-0.2, -0.15) is 4.31 Å². The number of aromatic carboxylic acids is 1. The summed E-state index contributed by atoms with van der Waals surface area (Å²) < 4.78 is 26.4. The predicted octanol–water partition coefficient (Wildman–Crippen LogP) is 0.643. The lowest BCUT2D eigenvalue weighted by Gasteiger charge is -2.17. The number of amides is 1. The van der Waals surface area contributed by atoms with Crippen molar-refractivity contribution in [1.29, 1.82) is 0 Å². The minimum atomic E-state index is -3.79. The molecule has 2 rings (SSSR count). The summed E-state index contributed by atoms with van der Waals surface area (Å²) in [4.78, 5) is 21.9. The molecule has 1 heterocycles. The first-order valence-corrected chi connectivity index (χ1v) is 8.29. The molecule has 1 aromatic carbocycles. The SMILES string of the molecule is NC(=O)C1CCN(S(=O)(=O)c2ccc(C(=O)O)cc2Br)C1. The third-order valence-electron chi connectivity index (χ3n) is 3.35. The summed E-state index contributed by atoms with van der Waals surface area (Å²) in [6, 6.07) is 3.69. The summed E-state index contributed by atoms with van der Waals surface area (Å²) in [5, 5.41) is 8.88. The van der Waals surface area contributed by atoms with E-state index in [4.69, 9.17) is 10.8 Å². The van der Waals surface area contributed by atoms with E-state index in [0.717, 1.165) is 0 Å². The first-order valence-electron chi connectivity index (χ1n) is 6.06. The van der Waals surface area contributed by atoms with Gasteiger partial charge in [0.05, 0.1) is 16.4 Å². The molecule has 1 aliphatic heterocycles. The molecule has 1 aliphatic rings. The number of rotatable bonds is 4. The van der Waals surface area contributed by atoms with Gasteiger partial charge in [0.1, 0.15) is 0 Å². The fraction of sp³-hybridized carbons (Fsp3) is 0.333. The fourth-order valence-corrected chi connectivity index (χ4v) is 4.70. The van der Waals surface area contributed by atoms with E-state index < -0.39 is 27.8 Å². The summed E-state index contributed by atoms with van der Waals surface area (Å²) in [5.74, 6) is -2.15. The lowest BCUT2D eigenvalue weighted by Crippen LogP contribution is -2.32. The van der Waals surface area contributed by atoms with E-state index in [1.54, 1.807) is 0 Å². The Labute approximate surface area is 129 Å². The molecule has 0 aliphatic carbocycles. The van der Waals surface area contributed by atoms with Crippen LogP contribution in [0.3, 0.4) is 0 Å². The monoisotopic (exact) mass is 376 g/mol. The highest BCUT2D eigenvalue weighted by molar-refractivity contribution is 9.10. The van der Waals surface area contributed by atoms with Gasteiger partial charge in [0.25, 0.3) is 0 Å². The Morgan fingerprint density at radius 3 is 2.52 bits per heavy atom. The number of primary amides is 1. The number of hydrogen-bond donors (Lipinski definition) is 2. The molecular formula is C12H13BrN2O5S. The zero-order chi connectivity index (χ0) is 15.8. The van der Waals surface area contributed by atoms with Gasteiger partial charge in [-0.25, -0.2) is 13.2 Å². The fourth-order valence-electron chi connectivity index (χ4n) is 2.16. The Hall–Kier alpha value is -1.45. The standard InChI is InChI=1S/C12H13BrN2O5S/c13-9-5-7(12(17)18)1-2-10(9)21(19,20)15-4-3-8(6-15)11(14)16/h1-2,5,8H,3-4,6H2,(H2,14,16)(H,17,18). The van der Waals surface area contributed by atoms with Gasteiger partial charge in [-0.05, 0) is 40.5 Å². The largest absolute Gasteiger partial charge is 0.478 e. The second kappa shape index (κ2) is 5.74. The van der Waals surface area contributed by atoms with Gasteiger partial charge in [-0.1, -0.05) is 0 Å². The number of nitrogens with two attached hydrogens (primary N) is 1. The molecule has 1 amide bonds. The third kappa shape index (κ3) is 3.09. The Morgan fingerprint density at radius 2 is 2.05 bits per heavy atom. The first-order chi connectivity index (χ1) is 9.73. The van der Waals surface area contributed by atoms with Crippen LogP contribution in [0.1, 0.15) is 16.8 Å². The molecule has 21 heavy (non-hydrogen) atoms. The van der Waals surface area contributed by atoms with Crippen LogP contribution in [0, 0.1) is 5.92 Å². The van der Waals surface area contributed by atoms with E-state index >= 15 is 0 Å². The summed E-state index contributed by atoms with van der Waals surface area (Å²) in [7, 11) is -3.79. The molecule has 1 aromatic rings. The third-order valence-corrected chi connectivity index (χ3v) is 6.19. The molecule has 1 saturated heterocycles. The van der Waals surface area contributed by atoms with Gasteiger partial charge in [-0.15, -0.1) is 0 Å². The summed E-state index contributed by atoms with van der Waals surface area (Å²) in [5.41, 5.74) is 5.17. The number of hydrogen-bond acceptors (Lipinski definition) is 4. The Bertz CT molecular complexity index is 704. The predicted molar refractivity (Wildman–Crippen MR) is 77.2 cm³/mol. The molecule has 0 radical (unpaired) electrons. The number of carbonyl (C=O) groups is 2. The van der Waals surface area contributed by atoms with Gasteiger partial charge < -0.3 is 10.8 Å². The molecule has 0 bridgehead atoms. The molecule has 1 fully saturated rings.